The summed E-state index contributed by atoms with van der Waals surface area (Å²) in [5.41, 5.74) is 0. The molecule has 0 N–H and O–H groups in total. The van der Waals surface area contributed by atoms with E-state index in [1.54, 1.807) is 0 Å². The van der Waals surface area contributed by atoms with Gasteiger partial charge in [0.25, 0.3) is 0 Å². The number of hydrogen-bond donors (Lipinski definition) is 0. The number of rotatable bonds is 2. The second-order valence-corrected chi connectivity index (χ2v) is 6.06. The third-order valence-corrected chi connectivity index (χ3v) is 4.02. The van der Waals surface area contributed by atoms with Gasteiger partial charge in [-0.15, -0.1) is 11.6 Å². The summed E-state index contributed by atoms with van der Waals surface area (Å²) in [5, 5.41) is 0.000260. The Balaban J connectivity index is 1.94. The summed E-state index contributed by atoms with van der Waals surface area (Å²) in [7, 11) is 0. The Hall–Kier alpha value is 0.0500. The highest BCUT2D eigenvalue weighted by molar-refractivity contribution is 9.11. The van der Waals surface area contributed by atoms with Crippen molar-refractivity contribution in [2.24, 2.45) is 5.92 Å². The van der Waals surface area contributed by atoms with Crippen LogP contribution in [0.2, 0.25) is 0 Å². The lowest BCUT2D eigenvalue weighted by molar-refractivity contribution is 0.113. The fraction of sp³-hybridized carbons (Fsp3) is 0.667. The van der Waals surface area contributed by atoms with Gasteiger partial charge in [-0.3, -0.25) is 0 Å². The monoisotopic (exact) mass is 290 g/mol. The van der Waals surface area contributed by atoms with Crippen molar-refractivity contribution in [1.82, 2.24) is 0 Å². The minimum atomic E-state index is 0.000260. The van der Waals surface area contributed by atoms with Crippen molar-refractivity contribution in [1.29, 1.82) is 0 Å². The van der Waals surface area contributed by atoms with Gasteiger partial charge >= 0.3 is 0 Å². The van der Waals surface area contributed by atoms with Crippen molar-refractivity contribution in [2.45, 2.75) is 44.1 Å². The number of ether oxygens (including phenoxy) is 1. The fourth-order valence-electron chi connectivity index (χ4n) is 2.18. The molecule has 0 bridgehead atoms. The molecule has 15 heavy (non-hydrogen) atoms. The molecule has 1 nitrogen and oxygen atoms in total. The second-order valence-electron chi connectivity index (χ2n) is 4.51. The Morgan fingerprint density at radius 2 is 2.20 bits per heavy atom. The molecule has 0 aromatic rings. The summed E-state index contributed by atoms with van der Waals surface area (Å²) in [6.07, 6.45) is 8.89. The Labute approximate surface area is 105 Å². The Morgan fingerprint density at radius 1 is 1.40 bits per heavy atom. The number of hydrogen-bond acceptors (Lipinski definition) is 1. The lowest BCUT2D eigenvalue weighted by Gasteiger charge is -2.22. The van der Waals surface area contributed by atoms with E-state index >= 15 is 0 Å². The Bertz CT molecular complexity index is 298. The highest BCUT2D eigenvalue weighted by atomic mass is 79.9. The summed E-state index contributed by atoms with van der Waals surface area (Å²) in [4.78, 5) is 0. The molecule has 1 saturated carbocycles. The molecule has 0 spiro atoms. The summed E-state index contributed by atoms with van der Waals surface area (Å²) < 4.78 is 7.09. The molecule has 3 atom stereocenters. The number of alkyl halides is 1. The second kappa shape index (κ2) is 4.92. The van der Waals surface area contributed by atoms with Gasteiger partial charge in [-0.2, -0.15) is 0 Å². The summed E-state index contributed by atoms with van der Waals surface area (Å²) >= 11 is 9.68. The first-order chi connectivity index (χ1) is 7.15. The molecule has 0 heterocycles. The summed E-state index contributed by atoms with van der Waals surface area (Å²) in [6.45, 7) is 2.29. The first-order valence-corrected chi connectivity index (χ1v) is 6.75. The predicted octanol–water partition coefficient (Wildman–Crippen LogP) is 4.37. The highest BCUT2D eigenvalue weighted by Gasteiger charge is 2.26. The van der Waals surface area contributed by atoms with E-state index < -0.39 is 0 Å². The molecule has 1 fully saturated rings. The predicted molar refractivity (Wildman–Crippen MR) is 67.2 cm³/mol. The minimum Gasteiger partial charge on any atom is -0.493 e. The van der Waals surface area contributed by atoms with E-state index in [1.165, 1.54) is 19.3 Å². The Kier molecular flexibility index (Phi) is 3.78. The zero-order chi connectivity index (χ0) is 10.8. The molecule has 2 aliphatic carbocycles. The van der Waals surface area contributed by atoms with Crippen LogP contribution in [0.4, 0.5) is 0 Å². The van der Waals surface area contributed by atoms with Crippen LogP contribution in [0.25, 0.3) is 0 Å². The van der Waals surface area contributed by atoms with Crippen molar-refractivity contribution in [3.8, 4) is 0 Å². The maximum Gasteiger partial charge on any atom is 0.115 e. The zero-order valence-corrected chi connectivity index (χ0v) is 11.2. The highest BCUT2D eigenvalue weighted by Crippen LogP contribution is 2.33. The van der Waals surface area contributed by atoms with Gasteiger partial charge in [0.1, 0.15) is 5.76 Å². The van der Waals surface area contributed by atoms with E-state index in [0.29, 0.717) is 6.10 Å². The lowest BCUT2D eigenvalue weighted by atomic mass is 10.1. The normalized spacial score (nSPS) is 36.1. The summed E-state index contributed by atoms with van der Waals surface area (Å²) in [6, 6.07) is 0. The van der Waals surface area contributed by atoms with Gasteiger partial charge in [-0.05, 0) is 41.8 Å². The van der Waals surface area contributed by atoms with E-state index in [2.05, 4.69) is 22.9 Å². The quantitative estimate of drug-likeness (QED) is 0.687. The van der Waals surface area contributed by atoms with Crippen molar-refractivity contribution < 1.29 is 4.74 Å². The topological polar surface area (TPSA) is 9.23 Å². The largest absolute Gasteiger partial charge is 0.493 e. The van der Waals surface area contributed by atoms with Crippen LogP contribution in [-0.4, -0.2) is 11.5 Å². The van der Waals surface area contributed by atoms with E-state index in [9.17, 15) is 0 Å². The van der Waals surface area contributed by atoms with Gasteiger partial charge in [0.15, 0.2) is 0 Å². The number of allylic oxidation sites excluding steroid dienone is 4. The Morgan fingerprint density at radius 3 is 2.80 bits per heavy atom. The first kappa shape index (κ1) is 11.5. The summed E-state index contributed by atoms with van der Waals surface area (Å²) in [5.74, 6) is 1.74. The molecule has 0 saturated heterocycles. The maximum absolute atomic E-state index is 6.23. The molecule has 2 aliphatic rings. The molecule has 3 heteroatoms. The number of halogens is 2. The van der Waals surface area contributed by atoms with Crippen LogP contribution in [0.5, 0.6) is 0 Å². The fourth-order valence-corrected chi connectivity index (χ4v) is 3.12. The van der Waals surface area contributed by atoms with Crippen LogP contribution >= 0.6 is 27.5 Å². The van der Waals surface area contributed by atoms with Crippen molar-refractivity contribution >= 4 is 27.5 Å². The van der Waals surface area contributed by atoms with Gasteiger partial charge in [0.05, 0.1) is 11.5 Å². The molecule has 84 valence electrons. The lowest BCUT2D eigenvalue weighted by Crippen LogP contribution is -2.16. The van der Waals surface area contributed by atoms with Crippen LogP contribution in [0.15, 0.2) is 22.4 Å². The molecule has 0 amide bonds. The van der Waals surface area contributed by atoms with Crippen molar-refractivity contribution in [3.05, 3.63) is 22.4 Å². The van der Waals surface area contributed by atoms with Gasteiger partial charge in [0.2, 0.25) is 0 Å². The van der Waals surface area contributed by atoms with Gasteiger partial charge in [0, 0.05) is 6.42 Å². The standard InChI is InChI=1S/C12H16BrClO/c1-8-2-4-10(6-8)15-12-5-3-9(13)7-11(12)14/h3,5,8,10-11H,2,4,6-7H2,1H3/t8-,10?,11?/m1/s1. The smallest absolute Gasteiger partial charge is 0.115 e. The molecular weight excluding hydrogens is 275 g/mol. The van der Waals surface area contributed by atoms with Gasteiger partial charge in [-0.25, -0.2) is 0 Å². The first-order valence-electron chi connectivity index (χ1n) is 5.52. The van der Waals surface area contributed by atoms with Crippen LogP contribution in [0.1, 0.15) is 32.6 Å². The molecular formula is C12H16BrClO. The van der Waals surface area contributed by atoms with Crippen LogP contribution < -0.4 is 0 Å². The van der Waals surface area contributed by atoms with Crippen LogP contribution in [0.3, 0.4) is 0 Å². The maximum atomic E-state index is 6.23. The average Bonchev–Trinajstić information content (AvgIpc) is 2.56. The SMILES string of the molecule is C[C@@H]1CCC(OC2=CC=C(Br)CC2Cl)C1. The third-order valence-electron chi connectivity index (χ3n) is 3.06. The van der Waals surface area contributed by atoms with E-state index in [-0.39, 0.29) is 5.38 Å². The minimum absolute atomic E-state index is 0.000260. The van der Waals surface area contributed by atoms with Crippen molar-refractivity contribution in [3.63, 3.8) is 0 Å². The third kappa shape index (κ3) is 3.01. The zero-order valence-electron chi connectivity index (χ0n) is 8.88. The van der Waals surface area contributed by atoms with Gasteiger partial charge in [-0.1, -0.05) is 22.9 Å². The van der Waals surface area contributed by atoms with Crippen molar-refractivity contribution in [2.75, 3.05) is 0 Å². The molecule has 2 rings (SSSR count). The molecule has 0 aliphatic heterocycles. The van der Waals surface area contributed by atoms with E-state index in [0.717, 1.165) is 22.6 Å². The van der Waals surface area contributed by atoms with E-state index in [1.807, 2.05) is 12.2 Å². The van der Waals surface area contributed by atoms with Crippen LogP contribution in [0, 0.1) is 5.92 Å². The van der Waals surface area contributed by atoms with Gasteiger partial charge < -0.3 is 4.74 Å². The molecule has 0 radical (unpaired) electrons. The van der Waals surface area contributed by atoms with E-state index in [4.69, 9.17) is 16.3 Å². The average molecular weight is 292 g/mol. The molecule has 0 aromatic heterocycles. The van der Waals surface area contributed by atoms with Crippen LogP contribution in [-0.2, 0) is 4.74 Å². The molecule has 0 aromatic carbocycles. The molecule has 2 unspecified atom stereocenters.